The van der Waals surface area contributed by atoms with Crippen LogP contribution in [-0.4, -0.2) is 25.0 Å². The quantitative estimate of drug-likeness (QED) is 0.745. The summed E-state index contributed by atoms with van der Waals surface area (Å²) in [6, 6.07) is 11.4. The maximum Gasteiger partial charge on any atom is 0.236 e. The Labute approximate surface area is 175 Å². The number of nitrogens with zero attached hydrogens (tertiary/aromatic N) is 1. The zero-order chi connectivity index (χ0) is 21.5. The van der Waals surface area contributed by atoms with Gasteiger partial charge in [0.15, 0.2) is 0 Å². The molecule has 1 fully saturated rings. The predicted molar refractivity (Wildman–Crippen MR) is 114 cm³/mol. The van der Waals surface area contributed by atoms with Crippen LogP contribution in [-0.2, 0) is 15.0 Å². The SMILES string of the molecule is C=CCN1C(=O)C(C)(C)COc2cc(NC(=O)C3(c4ccc(F)cc4)CC3)ccc21. The fourth-order valence-electron chi connectivity index (χ4n) is 3.83. The second kappa shape index (κ2) is 7.27. The van der Waals surface area contributed by atoms with Gasteiger partial charge in [0.05, 0.1) is 16.5 Å². The van der Waals surface area contributed by atoms with Crippen LogP contribution in [0.5, 0.6) is 5.75 Å². The first-order chi connectivity index (χ1) is 14.3. The minimum Gasteiger partial charge on any atom is -0.490 e. The van der Waals surface area contributed by atoms with Crippen molar-refractivity contribution >= 4 is 23.2 Å². The Morgan fingerprint density at radius 1 is 1.23 bits per heavy atom. The summed E-state index contributed by atoms with van der Waals surface area (Å²) in [6.45, 7) is 8.06. The number of carbonyl (C=O) groups is 2. The van der Waals surface area contributed by atoms with Gasteiger partial charge in [0.1, 0.15) is 18.2 Å². The highest BCUT2D eigenvalue weighted by Crippen LogP contribution is 2.49. The van der Waals surface area contributed by atoms with Gasteiger partial charge < -0.3 is 15.0 Å². The molecule has 0 bridgehead atoms. The third-order valence-corrected chi connectivity index (χ3v) is 5.81. The molecule has 0 atom stereocenters. The number of rotatable bonds is 5. The van der Waals surface area contributed by atoms with Crippen molar-refractivity contribution in [2.24, 2.45) is 5.41 Å². The second-order valence-corrected chi connectivity index (χ2v) is 8.60. The van der Waals surface area contributed by atoms with E-state index in [1.807, 2.05) is 13.8 Å². The molecule has 1 aliphatic carbocycles. The van der Waals surface area contributed by atoms with Crippen LogP contribution in [0.3, 0.4) is 0 Å². The number of fused-ring (bicyclic) bond motifs is 1. The van der Waals surface area contributed by atoms with Crippen LogP contribution in [0.1, 0.15) is 32.3 Å². The fraction of sp³-hybridized carbons (Fsp3) is 0.333. The van der Waals surface area contributed by atoms with Gasteiger partial charge in [-0.25, -0.2) is 4.39 Å². The highest BCUT2D eigenvalue weighted by atomic mass is 19.1. The van der Waals surface area contributed by atoms with Crippen LogP contribution in [0.25, 0.3) is 0 Å². The number of amides is 2. The van der Waals surface area contributed by atoms with Gasteiger partial charge in [0, 0.05) is 18.3 Å². The van der Waals surface area contributed by atoms with E-state index >= 15 is 0 Å². The summed E-state index contributed by atoms with van der Waals surface area (Å²) in [4.78, 5) is 27.6. The molecular formula is C24H25FN2O3. The molecule has 0 aromatic heterocycles. The van der Waals surface area contributed by atoms with Crippen LogP contribution in [0, 0.1) is 11.2 Å². The molecule has 1 heterocycles. The number of carbonyl (C=O) groups excluding carboxylic acids is 2. The van der Waals surface area contributed by atoms with Crippen LogP contribution in [0.15, 0.2) is 55.1 Å². The van der Waals surface area contributed by atoms with E-state index in [9.17, 15) is 14.0 Å². The van der Waals surface area contributed by atoms with E-state index in [1.165, 1.54) is 12.1 Å². The maximum atomic E-state index is 13.3. The van der Waals surface area contributed by atoms with E-state index < -0.39 is 10.8 Å². The standard InChI is InChI=1S/C24H25FN2O3/c1-4-13-27-19-10-9-18(14-20(19)30-15-23(2,3)22(27)29)26-21(28)24(11-12-24)16-5-7-17(25)8-6-16/h4-10,14H,1,11-13,15H2,2-3H3,(H,26,28). The van der Waals surface area contributed by atoms with E-state index in [0.29, 0.717) is 23.7 Å². The molecule has 30 heavy (non-hydrogen) atoms. The lowest BCUT2D eigenvalue weighted by atomic mass is 9.93. The number of benzene rings is 2. The Morgan fingerprint density at radius 3 is 2.57 bits per heavy atom. The van der Waals surface area contributed by atoms with E-state index in [2.05, 4.69) is 11.9 Å². The summed E-state index contributed by atoms with van der Waals surface area (Å²) in [7, 11) is 0. The van der Waals surface area contributed by atoms with Gasteiger partial charge in [-0.15, -0.1) is 6.58 Å². The van der Waals surface area contributed by atoms with Gasteiger partial charge in [-0.1, -0.05) is 18.2 Å². The summed E-state index contributed by atoms with van der Waals surface area (Å²) in [5.41, 5.74) is 0.776. The predicted octanol–water partition coefficient (Wildman–Crippen LogP) is 4.43. The lowest BCUT2D eigenvalue weighted by Crippen LogP contribution is -2.42. The Bertz CT molecular complexity index is 1010. The summed E-state index contributed by atoms with van der Waals surface area (Å²) in [6.07, 6.45) is 3.13. The minimum atomic E-state index is -0.675. The van der Waals surface area contributed by atoms with Crippen LogP contribution in [0.2, 0.25) is 0 Å². The first-order valence-electron chi connectivity index (χ1n) is 10.0. The van der Waals surface area contributed by atoms with Crippen molar-refractivity contribution < 1.29 is 18.7 Å². The lowest BCUT2D eigenvalue weighted by molar-refractivity contribution is -0.127. The van der Waals surface area contributed by atoms with Crippen LogP contribution < -0.4 is 15.0 Å². The average Bonchev–Trinajstić information content (AvgIpc) is 3.53. The normalized spacial score (nSPS) is 18.6. The lowest BCUT2D eigenvalue weighted by Gasteiger charge is -2.27. The number of ether oxygens (including phenoxy) is 1. The summed E-state index contributed by atoms with van der Waals surface area (Å²) >= 11 is 0. The van der Waals surface area contributed by atoms with E-state index in [1.54, 1.807) is 41.3 Å². The monoisotopic (exact) mass is 408 g/mol. The van der Waals surface area contributed by atoms with Crippen LogP contribution in [0.4, 0.5) is 15.8 Å². The summed E-state index contributed by atoms with van der Waals surface area (Å²) in [5, 5.41) is 2.97. The van der Waals surface area contributed by atoms with Gasteiger partial charge in [0.2, 0.25) is 11.8 Å². The molecule has 1 aliphatic heterocycles. The topological polar surface area (TPSA) is 58.6 Å². The largest absolute Gasteiger partial charge is 0.490 e. The van der Waals surface area contributed by atoms with E-state index in [0.717, 1.165) is 18.4 Å². The Kier molecular flexibility index (Phi) is 4.88. The molecule has 2 aliphatic rings. The zero-order valence-electron chi connectivity index (χ0n) is 17.2. The molecule has 2 aromatic rings. The van der Waals surface area contributed by atoms with Crippen molar-refractivity contribution in [3.8, 4) is 5.75 Å². The Morgan fingerprint density at radius 2 is 1.93 bits per heavy atom. The average molecular weight is 408 g/mol. The number of hydrogen-bond donors (Lipinski definition) is 1. The summed E-state index contributed by atoms with van der Waals surface area (Å²) in [5.74, 6) is 0.0628. The van der Waals surface area contributed by atoms with Gasteiger partial charge in [0.25, 0.3) is 0 Å². The van der Waals surface area contributed by atoms with Crippen LogP contribution >= 0.6 is 0 Å². The van der Waals surface area contributed by atoms with E-state index in [4.69, 9.17) is 4.74 Å². The molecule has 156 valence electrons. The van der Waals surface area contributed by atoms with Crippen molar-refractivity contribution in [1.82, 2.24) is 0 Å². The molecule has 6 heteroatoms. The molecule has 1 N–H and O–H groups in total. The molecule has 2 aromatic carbocycles. The smallest absolute Gasteiger partial charge is 0.236 e. The highest BCUT2D eigenvalue weighted by Gasteiger charge is 2.51. The molecule has 2 amide bonds. The number of anilines is 2. The van der Waals surface area contributed by atoms with Gasteiger partial charge >= 0.3 is 0 Å². The molecular weight excluding hydrogens is 383 g/mol. The number of hydrogen-bond acceptors (Lipinski definition) is 3. The number of halogens is 1. The third kappa shape index (κ3) is 3.47. The van der Waals surface area contributed by atoms with Gasteiger partial charge in [-0.3, -0.25) is 9.59 Å². The first-order valence-corrected chi connectivity index (χ1v) is 10.0. The van der Waals surface area contributed by atoms with Crippen molar-refractivity contribution in [3.05, 3.63) is 66.5 Å². The molecule has 0 unspecified atom stereocenters. The van der Waals surface area contributed by atoms with Gasteiger partial charge in [-0.2, -0.15) is 0 Å². The first kappa shape index (κ1) is 20.1. The molecule has 5 nitrogen and oxygen atoms in total. The molecule has 0 radical (unpaired) electrons. The van der Waals surface area contributed by atoms with Crippen molar-refractivity contribution in [2.75, 3.05) is 23.4 Å². The fourth-order valence-corrected chi connectivity index (χ4v) is 3.83. The summed E-state index contributed by atoms with van der Waals surface area (Å²) < 4.78 is 19.2. The number of nitrogens with one attached hydrogen (secondary N) is 1. The maximum absolute atomic E-state index is 13.3. The zero-order valence-corrected chi connectivity index (χ0v) is 17.2. The van der Waals surface area contributed by atoms with E-state index in [-0.39, 0.29) is 24.2 Å². The highest BCUT2D eigenvalue weighted by molar-refractivity contribution is 6.03. The molecule has 4 rings (SSSR count). The molecule has 1 saturated carbocycles. The molecule has 0 spiro atoms. The van der Waals surface area contributed by atoms with Crippen molar-refractivity contribution in [3.63, 3.8) is 0 Å². The second-order valence-electron chi connectivity index (χ2n) is 8.60. The third-order valence-electron chi connectivity index (χ3n) is 5.81. The Balaban J connectivity index is 1.60. The van der Waals surface area contributed by atoms with Gasteiger partial charge in [-0.05, 0) is 56.5 Å². The minimum absolute atomic E-state index is 0.0359. The molecule has 0 saturated heterocycles. The van der Waals surface area contributed by atoms with Crippen molar-refractivity contribution in [2.45, 2.75) is 32.1 Å². The van der Waals surface area contributed by atoms with Crippen molar-refractivity contribution in [1.29, 1.82) is 0 Å². The Hall–Kier alpha value is -3.15.